The van der Waals surface area contributed by atoms with E-state index in [0.29, 0.717) is 17.2 Å². The molecule has 33 heavy (non-hydrogen) atoms. The van der Waals surface area contributed by atoms with Crippen LogP contribution in [-0.4, -0.2) is 24.4 Å². The van der Waals surface area contributed by atoms with Crippen LogP contribution in [0, 0.1) is 11.3 Å². The summed E-state index contributed by atoms with van der Waals surface area (Å²) in [5.41, 5.74) is 6.41. The van der Waals surface area contributed by atoms with Gasteiger partial charge in [0.25, 0.3) is 0 Å². The van der Waals surface area contributed by atoms with E-state index in [2.05, 4.69) is 50.2 Å². The zero-order valence-corrected chi connectivity index (χ0v) is 20.6. The minimum atomic E-state index is 0.0157. The number of pyridine rings is 1. The van der Waals surface area contributed by atoms with Crippen LogP contribution in [0.1, 0.15) is 69.7 Å². The second-order valence-corrected chi connectivity index (χ2v) is 9.12. The lowest BCUT2D eigenvalue weighted by molar-refractivity contribution is 0.367. The Bertz CT molecular complexity index is 1120. The fourth-order valence-electron chi connectivity index (χ4n) is 4.57. The average molecular weight is 448 g/mol. The Morgan fingerprint density at radius 2 is 2.03 bits per heavy atom. The Morgan fingerprint density at radius 1 is 1.27 bits per heavy atom. The molecular weight excluding hydrogens is 410 g/mol. The number of ether oxygens (including phenoxy) is 1. The molecule has 0 saturated heterocycles. The number of hydrogen-bond acceptors (Lipinski definition) is 4. The van der Waals surface area contributed by atoms with Gasteiger partial charge in [-0.2, -0.15) is 0 Å². The van der Waals surface area contributed by atoms with Crippen molar-refractivity contribution in [1.29, 1.82) is 5.41 Å². The van der Waals surface area contributed by atoms with E-state index in [9.17, 15) is 4.79 Å². The number of allylic oxidation sites excluding steroid dienone is 2. The molecule has 1 aliphatic heterocycles. The van der Waals surface area contributed by atoms with Gasteiger partial charge in [0.1, 0.15) is 5.75 Å². The first-order valence-corrected chi connectivity index (χ1v) is 12.0. The maximum atomic E-state index is 13.1. The third-order valence-corrected chi connectivity index (χ3v) is 6.39. The number of nitrogens with one attached hydrogen (secondary N) is 2. The summed E-state index contributed by atoms with van der Waals surface area (Å²) in [6.45, 7) is 13.7. The molecule has 1 aromatic carbocycles. The van der Waals surface area contributed by atoms with Gasteiger partial charge >= 0.3 is 0 Å². The highest BCUT2D eigenvalue weighted by molar-refractivity contribution is 6.09. The van der Waals surface area contributed by atoms with E-state index in [0.717, 1.165) is 60.2 Å². The smallest absolute Gasteiger partial charge is 0.189 e. The fraction of sp³-hybridized carbons (Fsp3) is 0.429. The van der Waals surface area contributed by atoms with E-state index in [4.69, 9.17) is 10.1 Å². The zero-order valence-electron chi connectivity index (χ0n) is 20.6. The minimum Gasteiger partial charge on any atom is -0.496 e. The second kappa shape index (κ2) is 10.7. The van der Waals surface area contributed by atoms with E-state index >= 15 is 0 Å². The highest BCUT2D eigenvalue weighted by atomic mass is 16.5. The van der Waals surface area contributed by atoms with E-state index in [1.807, 2.05) is 18.5 Å². The first-order chi connectivity index (χ1) is 15.9. The van der Waals surface area contributed by atoms with Gasteiger partial charge in [0, 0.05) is 59.5 Å². The van der Waals surface area contributed by atoms with Crippen LogP contribution < -0.4 is 15.5 Å². The van der Waals surface area contributed by atoms with E-state index in [1.165, 1.54) is 11.8 Å². The SMILES string of the molecule is C=C(CCC)c1cn2c(cc1=O)-c1cc(OC)c(/C(C=N)=C/NCCC)cc1CC2C(C)C. The number of benzene rings is 1. The molecule has 2 N–H and O–H groups in total. The third-order valence-electron chi connectivity index (χ3n) is 6.39. The molecule has 5 nitrogen and oxygen atoms in total. The normalized spacial score (nSPS) is 15.1. The standard InChI is InChI=1S/C28H37N3O2/c1-7-9-19(5)24-17-31-25(18(3)4)12-20-11-23(21(15-29)16-30-10-8-2)28(33-6)13-22(20)26(31)14-27(24)32/h11,13-18,25,29-30H,5,7-10,12H2,1-4,6H3/b21-16+,29-15?. The van der Waals surface area contributed by atoms with Gasteiger partial charge in [-0.25, -0.2) is 0 Å². The molecule has 0 radical (unpaired) electrons. The molecule has 2 aromatic rings. The molecule has 3 rings (SSSR count). The number of aromatic nitrogens is 1. The molecule has 1 unspecified atom stereocenters. The van der Waals surface area contributed by atoms with Crippen molar-refractivity contribution in [3.63, 3.8) is 0 Å². The van der Waals surface area contributed by atoms with Crippen LogP contribution in [0.2, 0.25) is 0 Å². The number of rotatable bonds is 10. The van der Waals surface area contributed by atoms with E-state index < -0.39 is 0 Å². The Hall–Kier alpha value is -3.08. The first kappa shape index (κ1) is 24.6. The predicted molar refractivity (Wildman–Crippen MR) is 139 cm³/mol. The summed E-state index contributed by atoms with van der Waals surface area (Å²) in [6, 6.07) is 6.14. The van der Waals surface area contributed by atoms with Crippen LogP contribution in [0.3, 0.4) is 0 Å². The van der Waals surface area contributed by atoms with E-state index in [-0.39, 0.29) is 11.5 Å². The van der Waals surface area contributed by atoms with Gasteiger partial charge in [0.2, 0.25) is 0 Å². The molecule has 0 spiro atoms. The molecule has 5 heteroatoms. The molecule has 0 amide bonds. The Balaban J connectivity index is 2.21. The quantitative estimate of drug-likeness (QED) is 0.343. The molecule has 1 aromatic heterocycles. The van der Waals surface area contributed by atoms with Crippen molar-refractivity contribution in [3.05, 3.63) is 64.1 Å². The number of methoxy groups -OCH3 is 1. The van der Waals surface area contributed by atoms with Gasteiger partial charge in [-0.05, 0) is 48.4 Å². The van der Waals surface area contributed by atoms with Gasteiger partial charge in [-0.15, -0.1) is 0 Å². The van der Waals surface area contributed by atoms with Crippen molar-refractivity contribution >= 4 is 17.4 Å². The van der Waals surface area contributed by atoms with Crippen molar-refractivity contribution < 1.29 is 4.74 Å². The summed E-state index contributed by atoms with van der Waals surface area (Å²) in [7, 11) is 1.65. The number of fused-ring (bicyclic) bond motifs is 3. The molecule has 1 atom stereocenters. The van der Waals surface area contributed by atoms with Gasteiger partial charge < -0.3 is 20.0 Å². The van der Waals surface area contributed by atoms with Crippen molar-refractivity contribution in [2.75, 3.05) is 13.7 Å². The molecule has 0 bridgehead atoms. The number of hydrogen-bond donors (Lipinski definition) is 2. The Morgan fingerprint density at radius 3 is 2.64 bits per heavy atom. The molecule has 1 aliphatic rings. The lowest BCUT2D eigenvalue weighted by Gasteiger charge is -2.34. The van der Waals surface area contributed by atoms with Gasteiger partial charge in [-0.3, -0.25) is 4.79 Å². The van der Waals surface area contributed by atoms with Crippen LogP contribution in [0.4, 0.5) is 0 Å². The number of nitrogens with zero attached hydrogens (tertiary/aromatic N) is 1. The fourth-order valence-corrected chi connectivity index (χ4v) is 4.57. The topological polar surface area (TPSA) is 67.1 Å². The van der Waals surface area contributed by atoms with Crippen LogP contribution in [0.25, 0.3) is 22.4 Å². The van der Waals surface area contributed by atoms with Crippen LogP contribution >= 0.6 is 0 Å². The van der Waals surface area contributed by atoms with Crippen LogP contribution in [0.5, 0.6) is 5.75 Å². The highest BCUT2D eigenvalue weighted by Crippen LogP contribution is 2.42. The summed E-state index contributed by atoms with van der Waals surface area (Å²) in [5, 5.41) is 11.2. The van der Waals surface area contributed by atoms with Gasteiger partial charge in [0.05, 0.1) is 12.8 Å². The Kier molecular flexibility index (Phi) is 7.96. The Labute approximate surface area is 197 Å². The van der Waals surface area contributed by atoms with Crippen molar-refractivity contribution in [2.45, 2.75) is 59.4 Å². The van der Waals surface area contributed by atoms with Crippen LogP contribution in [-0.2, 0) is 6.42 Å². The molecule has 0 aliphatic carbocycles. The zero-order chi connectivity index (χ0) is 24.1. The summed E-state index contributed by atoms with van der Waals surface area (Å²) in [6.07, 6.45) is 8.91. The van der Waals surface area contributed by atoms with Gasteiger partial charge in [-0.1, -0.05) is 40.7 Å². The average Bonchev–Trinajstić information content (AvgIpc) is 2.80. The first-order valence-electron chi connectivity index (χ1n) is 12.0. The maximum Gasteiger partial charge on any atom is 0.189 e. The maximum absolute atomic E-state index is 13.1. The van der Waals surface area contributed by atoms with Gasteiger partial charge in [0.15, 0.2) is 5.43 Å². The summed E-state index contributed by atoms with van der Waals surface area (Å²) in [4.78, 5) is 13.1. The van der Waals surface area contributed by atoms with Crippen molar-refractivity contribution in [2.24, 2.45) is 5.92 Å². The lowest BCUT2D eigenvalue weighted by atomic mass is 9.85. The summed E-state index contributed by atoms with van der Waals surface area (Å²) in [5.74, 6) is 1.09. The van der Waals surface area contributed by atoms with Crippen LogP contribution in [0.15, 0.2) is 42.0 Å². The molecular formula is C28H37N3O2. The second-order valence-electron chi connectivity index (χ2n) is 9.12. The predicted octanol–water partition coefficient (Wildman–Crippen LogP) is 6.08. The minimum absolute atomic E-state index is 0.0157. The highest BCUT2D eigenvalue weighted by Gasteiger charge is 2.28. The monoisotopic (exact) mass is 447 g/mol. The lowest BCUT2D eigenvalue weighted by Crippen LogP contribution is -2.27. The molecule has 0 fully saturated rings. The molecule has 2 heterocycles. The third kappa shape index (κ3) is 4.97. The van der Waals surface area contributed by atoms with E-state index in [1.54, 1.807) is 13.2 Å². The van der Waals surface area contributed by atoms with Crippen molar-refractivity contribution in [1.82, 2.24) is 9.88 Å². The molecule has 0 saturated carbocycles. The summed E-state index contributed by atoms with van der Waals surface area (Å²) >= 11 is 0. The molecule has 176 valence electrons. The van der Waals surface area contributed by atoms with Crippen molar-refractivity contribution in [3.8, 4) is 17.0 Å². The largest absolute Gasteiger partial charge is 0.496 e. The summed E-state index contributed by atoms with van der Waals surface area (Å²) < 4.78 is 8.00.